The summed E-state index contributed by atoms with van der Waals surface area (Å²) in [5.41, 5.74) is 1.72. The quantitative estimate of drug-likeness (QED) is 0.918. The molecule has 1 saturated carbocycles. The molecule has 0 unspecified atom stereocenters. The van der Waals surface area contributed by atoms with Gasteiger partial charge in [-0.15, -0.1) is 0 Å². The molecule has 2 atom stereocenters. The zero-order chi connectivity index (χ0) is 13.9. The van der Waals surface area contributed by atoms with Crippen molar-refractivity contribution in [2.75, 3.05) is 7.11 Å². The second-order valence-electron chi connectivity index (χ2n) is 4.79. The van der Waals surface area contributed by atoms with Crippen LogP contribution in [0.1, 0.15) is 28.3 Å². The number of carbonyl (C=O) groups excluding carboxylic acids is 1. The Labute approximate surface area is 117 Å². The highest BCUT2D eigenvalue weighted by atomic mass is 16.5. The normalized spacial score (nSPS) is 20.2. The van der Waals surface area contributed by atoms with Crippen LogP contribution in [0.4, 0.5) is 0 Å². The lowest BCUT2D eigenvalue weighted by Crippen LogP contribution is -2.26. The van der Waals surface area contributed by atoms with Crippen LogP contribution in [0.25, 0.3) is 0 Å². The molecule has 0 saturated heterocycles. The molecule has 1 aromatic heterocycles. The van der Waals surface area contributed by atoms with Gasteiger partial charge in [-0.2, -0.15) is 0 Å². The fourth-order valence-electron chi connectivity index (χ4n) is 2.21. The zero-order valence-electron chi connectivity index (χ0n) is 11.1. The summed E-state index contributed by atoms with van der Waals surface area (Å²) in [4.78, 5) is 19.9. The molecule has 5 heteroatoms. The van der Waals surface area contributed by atoms with Crippen molar-refractivity contribution in [3.05, 3.63) is 53.9 Å². The molecule has 1 fully saturated rings. The van der Waals surface area contributed by atoms with Gasteiger partial charge in [0, 0.05) is 24.4 Å². The maximum atomic E-state index is 12.0. The molecular formula is C15H15N3O2. The molecule has 1 aliphatic rings. The minimum Gasteiger partial charge on any atom is -0.467 e. The first-order chi connectivity index (χ1) is 9.78. The number of carbonyl (C=O) groups is 1. The minimum atomic E-state index is -0.143. The van der Waals surface area contributed by atoms with Gasteiger partial charge in [0.05, 0.1) is 12.7 Å². The van der Waals surface area contributed by atoms with Gasteiger partial charge >= 0.3 is 6.01 Å². The lowest BCUT2D eigenvalue weighted by Gasteiger charge is -2.05. The third kappa shape index (κ3) is 2.61. The van der Waals surface area contributed by atoms with Gasteiger partial charge in [-0.3, -0.25) is 4.79 Å². The van der Waals surface area contributed by atoms with Crippen molar-refractivity contribution >= 4 is 5.91 Å². The molecule has 1 heterocycles. The van der Waals surface area contributed by atoms with Crippen LogP contribution < -0.4 is 10.1 Å². The van der Waals surface area contributed by atoms with Gasteiger partial charge in [-0.05, 0) is 12.0 Å². The molecular weight excluding hydrogens is 254 g/mol. The van der Waals surface area contributed by atoms with Gasteiger partial charge < -0.3 is 10.1 Å². The summed E-state index contributed by atoms with van der Waals surface area (Å²) in [5.74, 6) is 0.274. The van der Waals surface area contributed by atoms with Crippen LogP contribution in [0, 0.1) is 0 Å². The van der Waals surface area contributed by atoms with E-state index in [0.717, 1.165) is 6.42 Å². The Balaban J connectivity index is 1.60. The van der Waals surface area contributed by atoms with Gasteiger partial charge in [-0.25, -0.2) is 9.97 Å². The van der Waals surface area contributed by atoms with E-state index in [1.54, 1.807) is 0 Å². The molecule has 2 aromatic rings. The number of nitrogens with one attached hydrogen (secondary N) is 1. The molecule has 1 aromatic carbocycles. The predicted molar refractivity (Wildman–Crippen MR) is 73.6 cm³/mol. The number of rotatable bonds is 4. The van der Waals surface area contributed by atoms with E-state index in [4.69, 9.17) is 4.74 Å². The first kappa shape index (κ1) is 12.6. The summed E-state index contributed by atoms with van der Waals surface area (Å²) >= 11 is 0. The zero-order valence-corrected chi connectivity index (χ0v) is 11.1. The predicted octanol–water partition coefficient (Wildman–Crippen LogP) is 1.77. The smallest absolute Gasteiger partial charge is 0.316 e. The Bertz CT molecular complexity index is 598. The van der Waals surface area contributed by atoms with Crippen LogP contribution in [-0.2, 0) is 0 Å². The first-order valence-corrected chi connectivity index (χ1v) is 6.50. The van der Waals surface area contributed by atoms with Crippen LogP contribution in [0.15, 0.2) is 42.7 Å². The molecule has 3 rings (SSSR count). The van der Waals surface area contributed by atoms with E-state index in [9.17, 15) is 4.79 Å². The summed E-state index contributed by atoms with van der Waals surface area (Å²) in [6, 6.07) is 10.7. The van der Waals surface area contributed by atoms with Gasteiger partial charge in [0.15, 0.2) is 0 Å². The van der Waals surface area contributed by atoms with Gasteiger partial charge in [0.1, 0.15) is 0 Å². The number of amides is 1. The fraction of sp³-hybridized carbons (Fsp3) is 0.267. The highest BCUT2D eigenvalue weighted by Gasteiger charge is 2.39. The highest BCUT2D eigenvalue weighted by Crippen LogP contribution is 2.40. The third-order valence-corrected chi connectivity index (χ3v) is 3.41. The van der Waals surface area contributed by atoms with Gasteiger partial charge in [-0.1, -0.05) is 30.3 Å². The second-order valence-corrected chi connectivity index (χ2v) is 4.79. The molecule has 102 valence electrons. The summed E-state index contributed by atoms with van der Waals surface area (Å²) < 4.78 is 4.86. The molecule has 0 bridgehead atoms. The van der Waals surface area contributed by atoms with Crippen LogP contribution in [0.3, 0.4) is 0 Å². The average molecular weight is 269 g/mol. The number of benzene rings is 1. The molecule has 20 heavy (non-hydrogen) atoms. The SMILES string of the molecule is COc1ncc(C(=O)N[C@@H]2C[C@H]2c2ccccc2)cn1. The highest BCUT2D eigenvalue weighted by molar-refractivity contribution is 5.94. The summed E-state index contributed by atoms with van der Waals surface area (Å²) in [5, 5.41) is 3.00. The molecule has 1 aliphatic carbocycles. The molecule has 0 radical (unpaired) electrons. The van der Waals surface area contributed by atoms with Crippen molar-refractivity contribution < 1.29 is 9.53 Å². The average Bonchev–Trinajstić information content (AvgIpc) is 3.27. The van der Waals surface area contributed by atoms with Crippen molar-refractivity contribution in [2.45, 2.75) is 18.4 Å². The van der Waals surface area contributed by atoms with Gasteiger partial charge in [0.2, 0.25) is 0 Å². The van der Waals surface area contributed by atoms with E-state index in [0.29, 0.717) is 11.5 Å². The first-order valence-electron chi connectivity index (χ1n) is 6.50. The number of aromatic nitrogens is 2. The molecule has 1 amide bonds. The maximum absolute atomic E-state index is 12.0. The standard InChI is InChI=1S/C15H15N3O2/c1-20-15-16-8-11(9-17-15)14(19)18-13-7-12(13)10-5-3-2-4-6-10/h2-6,8-9,12-13H,7H2,1H3,(H,18,19)/t12-,13+/m0/s1. The van der Waals surface area contributed by atoms with Gasteiger partial charge in [0.25, 0.3) is 5.91 Å². The van der Waals surface area contributed by atoms with E-state index in [1.165, 1.54) is 25.1 Å². The Kier molecular flexibility index (Phi) is 3.33. The maximum Gasteiger partial charge on any atom is 0.316 e. The summed E-state index contributed by atoms with van der Waals surface area (Å²) in [6.07, 6.45) is 3.93. The lowest BCUT2D eigenvalue weighted by molar-refractivity contribution is 0.0949. The van der Waals surface area contributed by atoms with Crippen LogP contribution in [-0.4, -0.2) is 29.0 Å². The molecule has 0 spiro atoms. The van der Waals surface area contributed by atoms with Crippen molar-refractivity contribution in [3.8, 4) is 6.01 Å². The third-order valence-electron chi connectivity index (χ3n) is 3.41. The van der Waals surface area contributed by atoms with Crippen LogP contribution in [0.5, 0.6) is 6.01 Å². The van der Waals surface area contributed by atoms with E-state index < -0.39 is 0 Å². The van der Waals surface area contributed by atoms with Crippen molar-refractivity contribution in [1.82, 2.24) is 15.3 Å². The Morgan fingerprint density at radius 1 is 1.25 bits per heavy atom. The Hall–Kier alpha value is -2.43. The minimum absolute atomic E-state index is 0.143. The Morgan fingerprint density at radius 3 is 2.60 bits per heavy atom. The Morgan fingerprint density at radius 2 is 1.95 bits per heavy atom. The summed E-state index contributed by atoms with van der Waals surface area (Å²) in [7, 11) is 1.49. The van der Waals surface area contributed by atoms with Crippen LogP contribution in [0.2, 0.25) is 0 Å². The summed E-state index contributed by atoms with van der Waals surface area (Å²) in [6.45, 7) is 0. The van der Waals surface area contributed by atoms with E-state index in [2.05, 4.69) is 27.4 Å². The van der Waals surface area contributed by atoms with E-state index in [1.807, 2.05) is 18.2 Å². The number of nitrogens with zero attached hydrogens (tertiary/aromatic N) is 2. The number of methoxy groups -OCH3 is 1. The molecule has 1 N–H and O–H groups in total. The van der Waals surface area contributed by atoms with E-state index >= 15 is 0 Å². The largest absolute Gasteiger partial charge is 0.467 e. The van der Waals surface area contributed by atoms with Crippen LogP contribution >= 0.6 is 0 Å². The van der Waals surface area contributed by atoms with Crippen molar-refractivity contribution in [1.29, 1.82) is 0 Å². The molecule has 5 nitrogen and oxygen atoms in total. The lowest BCUT2D eigenvalue weighted by atomic mass is 10.1. The number of ether oxygens (including phenoxy) is 1. The number of hydrogen-bond acceptors (Lipinski definition) is 4. The topological polar surface area (TPSA) is 64.1 Å². The fourth-order valence-corrected chi connectivity index (χ4v) is 2.21. The van der Waals surface area contributed by atoms with E-state index in [-0.39, 0.29) is 18.0 Å². The van der Waals surface area contributed by atoms with Crippen molar-refractivity contribution in [2.24, 2.45) is 0 Å². The monoisotopic (exact) mass is 269 g/mol. The second kappa shape index (κ2) is 5.28. The molecule has 0 aliphatic heterocycles. The van der Waals surface area contributed by atoms with Crippen molar-refractivity contribution in [3.63, 3.8) is 0 Å². The number of hydrogen-bond donors (Lipinski definition) is 1.